The van der Waals surface area contributed by atoms with Gasteiger partial charge >= 0.3 is 0 Å². The number of rotatable bonds is 9. The van der Waals surface area contributed by atoms with E-state index in [0.29, 0.717) is 12.5 Å². The molecule has 1 saturated heterocycles. The highest BCUT2D eigenvalue weighted by Gasteiger charge is 2.41. The lowest BCUT2D eigenvalue weighted by Gasteiger charge is -2.18. The largest absolute Gasteiger partial charge is 0.362 e. The molecule has 0 aromatic carbocycles. The molecule has 0 saturated carbocycles. The van der Waals surface area contributed by atoms with E-state index in [2.05, 4.69) is 5.32 Å². The van der Waals surface area contributed by atoms with Crippen LogP contribution in [0.25, 0.3) is 0 Å². The minimum atomic E-state index is -2.52. The van der Waals surface area contributed by atoms with Gasteiger partial charge in [0.25, 0.3) is 0 Å². The SMILES string of the molecule is [2H]C([2H])([2H])C([2H])(C)C[C@H](CC(=O)[C@H]1O[C@@H]1C)C(=O)NCCC(C)C. The molecule has 4 nitrogen and oxygen atoms in total. The molecule has 1 fully saturated rings. The Balaban J connectivity index is 2.74. The van der Waals surface area contributed by atoms with Crippen molar-refractivity contribution in [2.75, 3.05) is 6.54 Å². The summed E-state index contributed by atoms with van der Waals surface area (Å²) in [4.78, 5) is 24.6. The van der Waals surface area contributed by atoms with E-state index in [9.17, 15) is 9.59 Å². The highest BCUT2D eigenvalue weighted by Crippen LogP contribution is 2.26. The molecule has 20 heavy (non-hydrogen) atoms. The maximum atomic E-state index is 12.4. The molecule has 0 aliphatic carbocycles. The summed E-state index contributed by atoms with van der Waals surface area (Å²) < 4.78 is 35.6. The van der Waals surface area contributed by atoms with Crippen molar-refractivity contribution < 1.29 is 19.8 Å². The van der Waals surface area contributed by atoms with Crippen LogP contribution >= 0.6 is 0 Å². The monoisotopic (exact) mass is 287 g/mol. The Bertz CT molecular complexity index is 463. The van der Waals surface area contributed by atoms with Crippen LogP contribution in [0.4, 0.5) is 0 Å². The number of Topliss-reactive ketones (excluding diaryl/α,β-unsaturated/α-hetero) is 1. The molecular formula is C16H29NO3. The van der Waals surface area contributed by atoms with Crippen molar-refractivity contribution in [3.63, 3.8) is 0 Å². The van der Waals surface area contributed by atoms with Crippen molar-refractivity contribution in [2.24, 2.45) is 17.7 Å². The van der Waals surface area contributed by atoms with Crippen molar-refractivity contribution in [1.82, 2.24) is 5.32 Å². The molecular weight excluding hydrogens is 254 g/mol. The summed E-state index contributed by atoms with van der Waals surface area (Å²) in [5.74, 6) is -2.75. The van der Waals surface area contributed by atoms with Crippen molar-refractivity contribution in [2.45, 2.75) is 66.0 Å². The predicted molar refractivity (Wildman–Crippen MR) is 79.4 cm³/mol. The fourth-order valence-corrected chi connectivity index (χ4v) is 2.14. The Morgan fingerprint density at radius 3 is 2.55 bits per heavy atom. The molecule has 0 bridgehead atoms. The van der Waals surface area contributed by atoms with E-state index in [-0.39, 0.29) is 30.6 Å². The van der Waals surface area contributed by atoms with Gasteiger partial charge in [-0.15, -0.1) is 0 Å². The van der Waals surface area contributed by atoms with Gasteiger partial charge in [-0.05, 0) is 31.6 Å². The summed E-state index contributed by atoms with van der Waals surface area (Å²) in [5, 5.41) is 2.77. The molecule has 1 N–H and O–H groups in total. The van der Waals surface area contributed by atoms with E-state index in [1.165, 1.54) is 6.92 Å². The third-order valence-corrected chi connectivity index (χ3v) is 3.42. The van der Waals surface area contributed by atoms with Crippen molar-refractivity contribution in [1.29, 1.82) is 0 Å². The molecule has 0 aromatic heterocycles. The van der Waals surface area contributed by atoms with E-state index in [4.69, 9.17) is 10.2 Å². The molecule has 1 amide bonds. The predicted octanol–water partition coefficient (Wildman–Crippen LogP) is 2.56. The van der Waals surface area contributed by atoms with E-state index in [1.54, 1.807) is 6.92 Å². The zero-order valence-electron chi connectivity index (χ0n) is 16.9. The average Bonchev–Trinajstić information content (AvgIpc) is 3.13. The van der Waals surface area contributed by atoms with Gasteiger partial charge in [-0.3, -0.25) is 9.59 Å². The number of hydrogen-bond acceptors (Lipinski definition) is 3. The van der Waals surface area contributed by atoms with Crippen LogP contribution in [-0.4, -0.2) is 30.4 Å². The number of ketones is 1. The highest BCUT2D eigenvalue weighted by molar-refractivity contribution is 5.90. The van der Waals surface area contributed by atoms with Crippen molar-refractivity contribution in [3.8, 4) is 0 Å². The van der Waals surface area contributed by atoms with Crippen LogP contribution in [0, 0.1) is 17.7 Å². The van der Waals surface area contributed by atoms with Crippen molar-refractivity contribution in [3.05, 3.63) is 0 Å². The van der Waals surface area contributed by atoms with Crippen LogP contribution in [0.3, 0.4) is 0 Å². The van der Waals surface area contributed by atoms with Crippen LogP contribution in [0.2, 0.25) is 0 Å². The Morgan fingerprint density at radius 1 is 1.40 bits per heavy atom. The fraction of sp³-hybridized carbons (Fsp3) is 0.875. The Morgan fingerprint density at radius 2 is 2.05 bits per heavy atom. The topological polar surface area (TPSA) is 58.7 Å². The van der Waals surface area contributed by atoms with Gasteiger partial charge in [0.05, 0.1) is 6.10 Å². The van der Waals surface area contributed by atoms with Gasteiger partial charge in [-0.1, -0.05) is 27.6 Å². The summed E-state index contributed by atoms with van der Waals surface area (Å²) in [7, 11) is 0. The summed E-state index contributed by atoms with van der Waals surface area (Å²) in [6, 6.07) is 0. The number of amides is 1. The van der Waals surface area contributed by atoms with Gasteiger partial charge in [0.15, 0.2) is 5.78 Å². The molecule has 0 spiro atoms. The maximum absolute atomic E-state index is 12.4. The number of carbonyl (C=O) groups excluding carboxylic acids is 2. The summed E-state index contributed by atoms with van der Waals surface area (Å²) in [6.45, 7) is 5.09. The van der Waals surface area contributed by atoms with Crippen molar-refractivity contribution >= 4 is 11.7 Å². The standard InChI is InChI=1S/C16H29NO3/c1-10(2)6-7-17-16(19)13(8-11(3)4)9-14(18)15-12(5)20-15/h10-13,15H,6-9H2,1-5H3,(H,17,19)/t12-,13-,15+/m1/s1/i3D3,11D/t11?,12-,13-,15+. The van der Waals surface area contributed by atoms with Crippen LogP contribution in [0.1, 0.15) is 59.3 Å². The third kappa shape index (κ3) is 6.04. The van der Waals surface area contributed by atoms with Gasteiger partial charge in [0.1, 0.15) is 6.10 Å². The summed E-state index contributed by atoms with van der Waals surface area (Å²) in [6.07, 6.45) is -0.128. The number of ether oxygens (including phenoxy) is 1. The first-order chi connectivity index (χ1) is 10.8. The molecule has 1 aliphatic rings. The second-order valence-corrected chi connectivity index (χ2v) is 6.09. The molecule has 0 aromatic rings. The minimum absolute atomic E-state index is 0.0902. The van der Waals surface area contributed by atoms with E-state index < -0.39 is 24.8 Å². The second-order valence-electron chi connectivity index (χ2n) is 6.09. The normalized spacial score (nSPS) is 29.4. The van der Waals surface area contributed by atoms with Gasteiger partial charge in [-0.25, -0.2) is 0 Å². The lowest BCUT2D eigenvalue weighted by molar-refractivity contribution is -0.130. The maximum Gasteiger partial charge on any atom is 0.223 e. The van der Waals surface area contributed by atoms with E-state index in [0.717, 1.165) is 6.42 Å². The molecule has 1 rings (SSSR count). The Hall–Kier alpha value is -0.900. The first-order valence-corrected chi connectivity index (χ1v) is 7.31. The first kappa shape index (κ1) is 11.7. The average molecular weight is 287 g/mol. The summed E-state index contributed by atoms with van der Waals surface area (Å²) in [5.41, 5.74) is 0. The number of hydrogen-bond donors (Lipinski definition) is 1. The molecule has 4 atom stereocenters. The molecule has 4 heteroatoms. The zero-order chi connectivity index (χ0) is 18.7. The van der Waals surface area contributed by atoms with Crippen LogP contribution in [0.15, 0.2) is 0 Å². The number of carbonyl (C=O) groups is 2. The van der Waals surface area contributed by atoms with Crippen LogP contribution < -0.4 is 5.32 Å². The van der Waals surface area contributed by atoms with E-state index in [1.807, 2.05) is 13.8 Å². The van der Waals surface area contributed by atoms with Gasteiger partial charge in [0, 0.05) is 24.4 Å². The highest BCUT2D eigenvalue weighted by atomic mass is 16.6. The van der Waals surface area contributed by atoms with E-state index >= 15 is 0 Å². The first-order valence-electron chi connectivity index (χ1n) is 9.31. The van der Waals surface area contributed by atoms with Gasteiger partial charge in [-0.2, -0.15) is 0 Å². The summed E-state index contributed by atoms with van der Waals surface area (Å²) >= 11 is 0. The molecule has 0 radical (unpaired) electrons. The molecule has 1 aliphatic heterocycles. The third-order valence-electron chi connectivity index (χ3n) is 3.42. The molecule has 1 heterocycles. The lowest BCUT2D eigenvalue weighted by atomic mass is 9.90. The number of epoxide rings is 1. The molecule has 1 unspecified atom stereocenters. The van der Waals surface area contributed by atoms with Crippen LogP contribution in [-0.2, 0) is 14.3 Å². The Labute approximate surface area is 128 Å². The Kier molecular flexibility index (Phi) is 4.56. The minimum Gasteiger partial charge on any atom is -0.362 e. The molecule has 116 valence electrons. The van der Waals surface area contributed by atoms with Crippen LogP contribution in [0.5, 0.6) is 0 Å². The lowest BCUT2D eigenvalue weighted by Crippen LogP contribution is -2.34. The number of nitrogens with one attached hydrogen (secondary N) is 1. The fourth-order valence-electron chi connectivity index (χ4n) is 2.14. The zero-order valence-corrected chi connectivity index (χ0v) is 12.9. The smallest absolute Gasteiger partial charge is 0.223 e. The quantitative estimate of drug-likeness (QED) is 0.663. The second kappa shape index (κ2) is 7.77. The van der Waals surface area contributed by atoms with Gasteiger partial charge in [0.2, 0.25) is 5.91 Å². The van der Waals surface area contributed by atoms with Gasteiger partial charge < -0.3 is 10.1 Å².